The van der Waals surface area contributed by atoms with Crippen molar-refractivity contribution in [2.45, 2.75) is 19.5 Å². The summed E-state index contributed by atoms with van der Waals surface area (Å²) in [4.78, 5) is 49.3. The Morgan fingerprint density at radius 3 is 2.18 bits per heavy atom. The molecule has 4 N–H and O–H groups in total. The van der Waals surface area contributed by atoms with Gasteiger partial charge in [0, 0.05) is 6.20 Å². The Hall–Kier alpha value is -4.40. The summed E-state index contributed by atoms with van der Waals surface area (Å²) in [6.45, 7) is 1.04. The number of hydrogen-bond donors (Lipinski definition) is 4. The number of carbonyl (C=O) groups excluding carboxylic acids is 2. The van der Waals surface area contributed by atoms with E-state index in [-0.39, 0.29) is 12.1 Å². The summed E-state index contributed by atoms with van der Waals surface area (Å²) in [6.07, 6.45) is 1.19. The second-order valence-electron chi connectivity index (χ2n) is 7.37. The number of nitrogens with one attached hydrogen (secondary N) is 2. The van der Waals surface area contributed by atoms with Gasteiger partial charge in [0.25, 0.3) is 17.4 Å². The molecule has 170 valence electrons. The third-order valence-electron chi connectivity index (χ3n) is 4.97. The second-order valence-corrected chi connectivity index (χ2v) is 7.37. The van der Waals surface area contributed by atoms with Gasteiger partial charge in [0.1, 0.15) is 17.9 Å². The maximum atomic E-state index is 13.0. The minimum Gasteiger partial charge on any atom is -0.506 e. The van der Waals surface area contributed by atoms with Crippen LogP contribution in [-0.2, 0) is 11.3 Å². The van der Waals surface area contributed by atoms with Gasteiger partial charge in [0.2, 0.25) is 0 Å². The van der Waals surface area contributed by atoms with E-state index in [4.69, 9.17) is 5.11 Å². The van der Waals surface area contributed by atoms with Crippen molar-refractivity contribution in [3.05, 3.63) is 99.5 Å². The van der Waals surface area contributed by atoms with Gasteiger partial charge in [-0.25, -0.2) is 0 Å². The largest absolute Gasteiger partial charge is 0.506 e. The third kappa shape index (κ3) is 5.65. The van der Waals surface area contributed by atoms with Crippen LogP contribution in [0.2, 0.25) is 0 Å². The molecule has 3 aromatic rings. The quantitative estimate of drug-likeness (QED) is 0.415. The first-order valence-corrected chi connectivity index (χ1v) is 10.1. The predicted octanol–water partition coefficient (Wildman–Crippen LogP) is 1.91. The number of carboxylic acid groups (broad SMARTS) is 1. The lowest BCUT2D eigenvalue weighted by atomic mass is 10.1. The molecule has 1 atom stereocenters. The molecule has 0 aliphatic heterocycles. The molecule has 2 aromatic carbocycles. The highest BCUT2D eigenvalue weighted by Crippen LogP contribution is 2.22. The number of aromatic hydroxyl groups is 1. The Balaban J connectivity index is 2.02. The number of amides is 2. The zero-order valence-corrected chi connectivity index (χ0v) is 17.8. The fourth-order valence-electron chi connectivity index (χ4n) is 3.27. The van der Waals surface area contributed by atoms with E-state index in [0.717, 1.165) is 15.7 Å². The molecule has 9 heteroatoms. The summed E-state index contributed by atoms with van der Waals surface area (Å²) in [6, 6.07) is 17.6. The minimum atomic E-state index is -1.32. The van der Waals surface area contributed by atoms with Crippen LogP contribution in [0.5, 0.6) is 5.75 Å². The first kappa shape index (κ1) is 23.3. The van der Waals surface area contributed by atoms with E-state index in [2.05, 4.69) is 10.6 Å². The molecule has 3 rings (SSSR count). The van der Waals surface area contributed by atoms with E-state index in [1.807, 2.05) is 30.3 Å². The highest BCUT2D eigenvalue weighted by atomic mass is 16.4. The van der Waals surface area contributed by atoms with E-state index in [0.29, 0.717) is 0 Å². The van der Waals surface area contributed by atoms with Crippen molar-refractivity contribution in [2.75, 3.05) is 6.54 Å². The molecule has 0 fully saturated rings. The topological polar surface area (TPSA) is 138 Å². The zero-order chi connectivity index (χ0) is 24.0. The third-order valence-corrected chi connectivity index (χ3v) is 4.97. The Labute approximate surface area is 189 Å². The van der Waals surface area contributed by atoms with Crippen molar-refractivity contribution in [3.63, 3.8) is 0 Å². The number of nitrogens with zero attached hydrogens (tertiary/aromatic N) is 1. The number of pyridine rings is 1. The number of carboxylic acids is 1. The first-order valence-electron chi connectivity index (χ1n) is 10.1. The summed E-state index contributed by atoms with van der Waals surface area (Å²) >= 11 is 0. The molecule has 0 aliphatic carbocycles. The molecule has 0 spiro atoms. The molecule has 0 aliphatic rings. The van der Waals surface area contributed by atoms with Crippen molar-refractivity contribution < 1.29 is 24.6 Å². The van der Waals surface area contributed by atoms with Crippen LogP contribution in [0, 0.1) is 0 Å². The van der Waals surface area contributed by atoms with Crippen LogP contribution >= 0.6 is 0 Å². The zero-order valence-electron chi connectivity index (χ0n) is 17.8. The van der Waals surface area contributed by atoms with Gasteiger partial charge in [-0.15, -0.1) is 0 Å². The molecular formula is C24H23N3O6. The predicted molar refractivity (Wildman–Crippen MR) is 120 cm³/mol. The molecule has 0 bridgehead atoms. The van der Waals surface area contributed by atoms with E-state index in [9.17, 15) is 24.3 Å². The molecule has 1 heterocycles. The van der Waals surface area contributed by atoms with Gasteiger partial charge in [0.05, 0.1) is 18.2 Å². The molecular weight excluding hydrogens is 426 g/mol. The molecule has 1 aromatic heterocycles. The van der Waals surface area contributed by atoms with Crippen LogP contribution in [0.3, 0.4) is 0 Å². The second kappa shape index (κ2) is 10.3. The lowest BCUT2D eigenvalue weighted by molar-refractivity contribution is -0.135. The summed E-state index contributed by atoms with van der Waals surface area (Å²) < 4.78 is 1.13. The van der Waals surface area contributed by atoms with Gasteiger partial charge in [0.15, 0.2) is 0 Å². The van der Waals surface area contributed by atoms with Gasteiger partial charge in [-0.2, -0.15) is 0 Å². The Morgan fingerprint density at radius 2 is 1.58 bits per heavy atom. The van der Waals surface area contributed by atoms with E-state index < -0.39 is 47.2 Å². The summed E-state index contributed by atoms with van der Waals surface area (Å²) in [7, 11) is 0. The standard InChI is InChI=1S/C24H23N3O6/c1-15(17-10-6-3-7-11-17)26-22(31)18-14-27(13-16-8-4-2-5-9-16)24(33)20(21(18)30)23(32)25-12-19(28)29/h2-11,14-15,30H,12-13H2,1H3,(H,25,32)(H,26,31)(H,28,29). The average Bonchev–Trinajstić information content (AvgIpc) is 2.80. The van der Waals surface area contributed by atoms with Crippen molar-refractivity contribution in [1.82, 2.24) is 15.2 Å². The Bertz CT molecular complexity index is 1220. The fourth-order valence-corrected chi connectivity index (χ4v) is 3.27. The Morgan fingerprint density at radius 1 is 0.970 bits per heavy atom. The smallest absolute Gasteiger partial charge is 0.322 e. The van der Waals surface area contributed by atoms with Crippen LogP contribution in [-0.4, -0.2) is 39.1 Å². The number of aromatic nitrogens is 1. The molecule has 1 unspecified atom stereocenters. The molecule has 33 heavy (non-hydrogen) atoms. The van der Waals surface area contributed by atoms with Crippen molar-refractivity contribution in [2.24, 2.45) is 0 Å². The van der Waals surface area contributed by atoms with Crippen LogP contribution < -0.4 is 16.2 Å². The number of hydrogen-bond acceptors (Lipinski definition) is 5. The number of benzene rings is 2. The number of aliphatic carboxylic acids is 1. The molecule has 9 nitrogen and oxygen atoms in total. The van der Waals surface area contributed by atoms with Crippen LogP contribution in [0.15, 0.2) is 71.7 Å². The van der Waals surface area contributed by atoms with Gasteiger partial charge in [-0.3, -0.25) is 19.2 Å². The van der Waals surface area contributed by atoms with Crippen molar-refractivity contribution >= 4 is 17.8 Å². The highest BCUT2D eigenvalue weighted by Gasteiger charge is 2.26. The van der Waals surface area contributed by atoms with Crippen LogP contribution in [0.1, 0.15) is 44.8 Å². The van der Waals surface area contributed by atoms with Gasteiger partial charge < -0.3 is 25.4 Å². The molecule has 2 amide bonds. The number of rotatable bonds is 8. The molecule has 0 radical (unpaired) electrons. The maximum Gasteiger partial charge on any atom is 0.322 e. The molecule has 0 saturated carbocycles. The van der Waals surface area contributed by atoms with Crippen LogP contribution in [0.25, 0.3) is 0 Å². The van der Waals surface area contributed by atoms with Gasteiger partial charge in [-0.05, 0) is 18.1 Å². The lowest BCUT2D eigenvalue weighted by Crippen LogP contribution is -2.37. The van der Waals surface area contributed by atoms with E-state index in [1.165, 1.54) is 6.20 Å². The summed E-state index contributed by atoms with van der Waals surface area (Å²) in [5.41, 5.74) is -0.290. The summed E-state index contributed by atoms with van der Waals surface area (Å²) in [5, 5.41) is 24.3. The maximum absolute atomic E-state index is 13.0. The summed E-state index contributed by atoms with van der Waals surface area (Å²) in [5.74, 6) is -3.92. The van der Waals surface area contributed by atoms with Crippen molar-refractivity contribution in [1.29, 1.82) is 0 Å². The average molecular weight is 449 g/mol. The Kier molecular flexibility index (Phi) is 7.24. The monoisotopic (exact) mass is 449 g/mol. The van der Waals surface area contributed by atoms with E-state index in [1.54, 1.807) is 37.3 Å². The normalized spacial score (nSPS) is 11.4. The van der Waals surface area contributed by atoms with Crippen LogP contribution in [0.4, 0.5) is 0 Å². The van der Waals surface area contributed by atoms with E-state index >= 15 is 0 Å². The SMILES string of the molecule is CC(NC(=O)c1cn(Cc2ccccc2)c(=O)c(C(=O)NCC(=O)O)c1O)c1ccccc1. The van der Waals surface area contributed by atoms with Gasteiger partial charge in [-0.1, -0.05) is 60.7 Å². The number of carbonyl (C=O) groups is 3. The fraction of sp³-hybridized carbons (Fsp3) is 0.167. The highest BCUT2D eigenvalue weighted by molar-refractivity contribution is 6.04. The van der Waals surface area contributed by atoms with Gasteiger partial charge >= 0.3 is 5.97 Å². The molecule has 0 saturated heterocycles. The first-order chi connectivity index (χ1) is 15.8. The minimum absolute atomic E-state index is 0.0354. The lowest BCUT2D eigenvalue weighted by Gasteiger charge is -2.17. The van der Waals surface area contributed by atoms with Crippen molar-refractivity contribution in [3.8, 4) is 5.75 Å².